The van der Waals surface area contributed by atoms with Crippen LogP contribution in [0.3, 0.4) is 0 Å². The second-order valence-electron chi connectivity index (χ2n) is 10.8. The first kappa shape index (κ1) is 22.2. The molecule has 0 fully saturated rings. The highest BCUT2D eigenvalue weighted by Gasteiger charge is 2.29. The van der Waals surface area contributed by atoms with E-state index in [2.05, 4.69) is 84.3 Å². The normalized spacial score (nSPS) is 12.1. The molecule has 0 radical (unpaired) electrons. The summed E-state index contributed by atoms with van der Waals surface area (Å²) in [4.78, 5) is 0. The zero-order valence-corrected chi connectivity index (χ0v) is 22.3. The minimum Gasteiger partial charge on any atom is -0.456 e. The molecule has 0 aliphatic rings. The van der Waals surface area contributed by atoms with E-state index < -0.39 is 0 Å². The van der Waals surface area contributed by atoms with Gasteiger partial charge in [0, 0.05) is 22.2 Å². The second-order valence-corrected chi connectivity index (χ2v) is 10.8. The van der Waals surface area contributed by atoms with E-state index in [4.69, 9.17) is 13.3 Å². The third-order valence-corrected chi connectivity index (χ3v) is 8.49. The molecule has 6 aromatic carbocycles. The number of aromatic nitrogens is 1. The monoisotopic (exact) mass is 529 g/mol. The Kier molecular flexibility index (Phi) is 4.20. The molecule has 0 N–H and O–H groups in total. The van der Waals surface area contributed by atoms with Gasteiger partial charge >= 0.3 is 5.89 Å². The van der Waals surface area contributed by atoms with Crippen LogP contribution in [0.2, 0.25) is 0 Å². The third kappa shape index (κ3) is 2.91. The SMILES string of the molecule is Cc1ccc2c(oc3cc(C#N)ccc32)c1-c1oc2c3c(ccc2[n+]1C)oc1cc2ccc4ccccc4c2cc13. The van der Waals surface area contributed by atoms with Crippen molar-refractivity contribution >= 4 is 76.5 Å². The molecule has 0 saturated heterocycles. The molecule has 5 nitrogen and oxygen atoms in total. The summed E-state index contributed by atoms with van der Waals surface area (Å²) in [7, 11) is 2.02. The molecule has 9 aromatic rings. The minimum atomic E-state index is 0.568. The van der Waals surface area contributed by atoms with Gasteiger partial charge in [0.1, 0.15) is 29.4 Å². The summed E-state index contributed by atoms with van der Waals surface area (Å²) in [6.45, 7) is 2.07. The first-order valence-electron chi connectivity index (χ1n) is 13.5. The number of nitrogens with zero attached hydrogens (tertiary/aromatic N) is 2. The van der Waals surface area contributed by atoms with Crippen molar-refractivity contribution in [1.29, 1.82) is 5.26 Å². The van der Waals surface area contributed by atoms with Gasteiger partial charge in [0.05, 0.1) is 17.0 Å². The van der Waals surface area contributed by atoms with Crippen molar-refractivity contribution < 1.29 is 17.8 Å². The number of aryl methyl sites for hydroxylation is 2. The Morgan fingerprint density at radius 1 is 0.634 bits per heavy atom. The number of rotatable bonds is 1. The number of hydrogen-bond acceptors (Lipinski definition) is 4. The van der Waals surface area contributed by atoms with E-state index in [0.29, 0.717) is 17.0 Å². The van der Waals surface area contributed by atoms with Crippen LogP contribution in [0, 0.1) is 18.3 Å². The van der Waals surface area contributed by atoms with Gasteiger partial charge in [0.2, 0.25) is 5.58 Å². The molecule has 0 aliphatic heterocycles. The van der Waals surface area contributed by atoms with E-state index in [1.807, 2.05) is 25.2 Å². The van der Waals surface area contributed by atoms with Crippen LogP contribution in [0.5, 0.6) is 0 Å². The topological polar surface area (TPSA) is 67.1 Å². The van der Waals surface area contributed by atoms with Crippen molar-refractivity contribution in [1.82, 2.24) is 0 Å². The summed E-state index contributed by atoms with van der Waals surface area (Å²) in [5.74, 6) is 0.704. The molecule has 41 heavy (non-hydrogen) atoms. The highest BCUT2D eigenvalue weighted by Crippen LogP contribution is 2.42. The van der Waals surface area contributed by atoms with Crippen molar-refractivity contribution in [3.8, 4) is 17.5 Å². The van der Waals surface area contributed by atoms with Gasteiger partial charge in [-0.05, 0) is 70.4 Å². The average Bonchev–Trinajstić information content (AvgIpc) is 3.66. The lowest BCUT2D eigenvalue weighted by Crippen LogP contribution is -2.28. The van der Waals surface area contributed by atoms with Crippen molar-refractivity contribution in [3.63, 3.8) is 0 Å². The van der Waals surface area contributed by atoms with Gasteiger partial charge in [-0.2, -0.15) is 9.83 Å². The largest absolute Gasteiger partial charge is 0.456 e. The van der Waals surface area contributed by atoms with Crippen LogP contribution in [0.15, 0.2) is 104 Å². The molecule has 0 bridgehead atoms. The number of benzene rings is 6. The van der Waals surface area contributed by atoms with Crippen LogP contribution in [-0.2, 0) is 7.05 Å². The van der Waals surface area contributed by atoms with E-state index in [0.717, 1.165) is 65.9 Å². The zero-order chi connectivity index (χ0) is 27.4. The summed E-state index contributed by atoms with van der Waals surface area (Å²) in [6.07, 6.45) is 0. The molecule has 0 aliphatic carbocycles. The summed E-state index contributed by atoms with van der Waals surface area (Å²) < 4.78 is 21.6. The predicted octanol–water partition coefficient (Wildman–Crippen LogP) is 9.21. The Hall–Kier alpha value is -5.60. The number of fused-ring (bicyclic) bond motifs is 11. The van der Waals surface area contributed by atoms with E-state index in [-0.39, 0.29) is 0 Å². The first-order chi connectivity index (χ1) is 20.1. The summed E-state index contributed by atoms with van der Waals surface area (Å²) in [5.41, 5.74) is 7.30. The summed E-state index contributed by atoms with van der Waals surface area (Å²) in [6, 6.07) is 33.2. The van der Waals surface area contributed by atoms with Crippen molar-refractivity contribution in [2.75, 3.05) is 0 Å². The smallest absolute Gasteiger partial charge is 0.385 e. The Balaban J connectivity index is 1.37. The number of furan rings is 2. The van der Waals surface area contributed by atoms with Crippen LogP contribution >= 0.6 is 0 Å². The van der Waals surface area contributed by atoms with Gasteiger partial charge in [-0.1, -0.05) is 48.5 Å². The van der Waals surface area contributed by atoms with Gasteiger partial charge in [0.25, 0.3) is 5.52 Å². The number of hydrogen-bond donors (Lipinski definition) is 0. The summed E-state index contributed by atoms with van der Waals surface area (Å²) >= 11 is 0. The Labute approximate surface area is 233 Å². The Bertz CT molecular complexity index is 2620. The van der Waals surface area contributed by atoms with Crippen LogP contribution in [0.1, 0.15) is 11.1 Å². The maximum atomic E-state index is 9.40. The molecule has 5 heteroatoms. The third-order valence-electron chi connectivity index (χ3n) is 8.49. The van der Waals surface area contributed by atoms with Gasteiger partial charge in [-0.3, -0.25) is 0 Å². The van der Waals surface area contributed by atoms with Crippen LogP contribution in [0.4, 0.5) is 0 Å². The molecule has 0 atom stereocenters. The molecule has 192 valence electrons. The Morgan fingerprint density at radius 3 is 2.37 bits per heavy atom. The highest BCUT2D eigenvalue weighted by atomic mass is 16.4. The number of nitriles is 1. The molecule has 3 heterocycles. The van der Waals surface area contributed by atoms with Gasteiger partial charge in [-0.25, -0.2) is 0 Å². The van der Waals surface area contributed by atoms with Gasteiger partial charge in [-0.15, -0.1) is 0 Å². The zero-order valence-electron chi connectivity index (χ0n) is 22.3. The maximum Gasteiger partial charge on any atom is 0.385 e. The number of oxazole rings is 1. The maximum absolute atomic E-state index is 9.40. The molecular formula is C36H21N2O3+. The standard InChI is InChI=1S/C36H21N2O3/c1-19-7-11-25-24-12-8-20(18-37)15-30(24)40-34(25)32(19)36-38(2)28-13-14-29-33(35(28)41-36)27-17-26-22(16-31(27)39-29)10-9-21-5-3-4-6-23(21)26/h3-17H,1-2H3/q+1. The summed E-state index contributed by atoms with van der Waals surface area (Å²) in [5, 5.41) is 18.1. The van der Waals surface area contributed by atoms with Gasteiger partial charge < -0.3 is 13.3 Å². The average molecular weight is 530 g/mol. The van der Waals surface area contributed by atoms with E-state index in [9.17, 15) is 5.26 Å². The first-order valence-corrected chi connectivity index (χ1v) is 13.5. The Morgan fingerprint density at radius 2 is 1.46 bits per heavy atom. The van der Waals surface area contributed by atoms with E-state index in [1.54, 1.807) is 6.07 Å². The molecule has 0 saturated carbocycles. The van der Waals surface area contributed by atoms with Crippen LogP contribution < -0.4 is 4.57 Å². The lowest BCUT2D eigenvalue weighted by atomic mass is 10.00. The molecule has 3 aromatic heterocycles. The fourth-order valence-corrected chi connectivity index (χ4v) is 6.46. The molecule has 9 rings (SSSR count). The quantitative estimate of drug-likeness (QED) is 0.157. The molecular weight excluding hydrogens is 508 g/mol. The fourth-order valence-electron chi connectivity index (χ4n) is 6.46. The highest BCUT2D eigenvalue weighted by molar-refractivity contribution is 6.21. The second kappa shape index (κ2) is 7.74. The molecule has 0 spiro atoms. The predicted molar refractivity (Wildman–Crippen MR) is 162 cm³/mol. The molecule has 0 unspecified atom stereocenters. The van der Waals surface area contributed by atoms with E-state index in [1.165, 1.54) is 16.2 Å². The van der Waals surface area contributed by atoms with Crippen molar-refractivity contribution in [2.24, 2.45) is 7.05 Å². The van der Waals surface area contributed by atoms with Crippen LogP contribution in [0.25, 0.3) is 88.0 Å². The van der Waals surface area contributed by atoms with Gasteiger partial charge in [0.15, 0.2) is 5.58 Å². The van der Waals surface area contributed by atoms with Crippen molar-refractivity contribution in [2.45, 2.75) is 6.92 Å². The lowest BCUT2D eigenvalue weighted by Gasteiger charge is -2.03. The molecule has 0 amide bonds. The van der Waals surface area contributed by atoms with E-state index >= 15 is 0 Å². The fraction of sp³-hybridized carbons (Fsp3) is 0.0556. The minimum absolute atomic E-state index is 0.568. The lowest BCUT2D eigenvalue weighted by molar-refractivity contribution is -0.637. The van der Waals surface area contributed by atoms with Crippen molar-refractivity contribution in [3.05, 3.63) is 102 Å². The van der Waals surface area contributed by atoms with Crippen LogP contribution in [-0.4, -0.2) is 0 Å².